The lowest BCUT2D eigenvalue weighted by Gasteiger charge is -2.16. The summed E-state index contributed by atoms with van der Waals surface area (Å²) in [5.74, 6) is -0.0447. The number of nitro groups is 1. The largest absolute Gasteiger partial charge is 0.393 e. The minimum Gasteiger partial charge on any atom is -0.393 e. The van der Waals surface area contributed by atoms with Crippen molar-refractivity contribution in [2.45, 2.75) is 25.7 Å². The van der Waals surface area contributed by atoms with E-state index in [9.17, 15) is 14.9 Å². The smallest absolute Gasteiger partial charge is 0.356 e. The molecule has 6 nitrogen and oxygen atoms in total. The summed E-state index contributed by atoms with van der Waals surface area (Å²) in [7, 11) is 0. The average Bonchev–Trinajstić information content (AvgIpc) is 2.82. The van der Waals surface area contributed by atoms with Crippen molar-refractivity contribution >= 4 is 34.3 Å². The molecule has 0 amide bonds. The number of nitrogen functional groups attached to an aromatic ring is 1. The number of hydrogen-bond acceptors (Lipinski definition) is 5. The van der Waals surface area contributed by atoms with Gasteiger partial charge in [-0.15, -0.1) is 11.3 Å². The highest BCUT2D eigenvalue weighted by molar-refractivity contribution is 7.10. The van der Waals surface area contributed by atoms with Crippen molar-refractivity contribution < 1.29 is 4.92 Å². The summed E-state index contributed by atoms with van der Waals surface area (Å²) in [6.45, 7) is 1.96. The fraction of sp³-hybridized carbons (Fsp3) is 0.308. The van der Waals surface area contributed by atoms with Crippen molar-refractivity contribution in [3.05, 3.63) is 53.6 Å². The maximum absolute atomic E-state index is 11.5. The van der Waals surface area contributed by atoms with Crippen LogP contribution in [0.25, 0.3) is 0 Å². The van der Waals surface area contributed by atoms with Crippen LogP contribution in [0.2, 0.25) is 5.02 Å². The lowest BCUT2D eigenvalue weighted by Crippen LogP contribution is -2.17. The van der Waals surface area contributed by atoms with E-state index in [1.54, 1.807) is 0 Å². The quantitative estimate of drug-likeness (QED) is 0.649. The number of pyridine rings is 1. The molecule has 0 spiro atoms. The molecule has 2 rings (SSSR count). The molecule has 0 aliphatic heterocycles. The molecule has 2 heterocycles. The third-order valence-electron chi connectivity index (χ3n) is 3.38. The molecule has 2 aromatic heterocycles. The monoisotopic (exact) mass is 327 g/mol. The van der Waals surface area contributed by atoms with Crippen molar-refractivity contribution in [3.8, 4) is 0 Å². The van der Waals surface area contributed by atoms with Gasteiger partial charge in [0.15, 0.2) is 0 Å². The summed E-state index contributed by atoms with van der Waals surface area (Å²) in [6, 6.07) is 1.81. The molecule has 0 saturated heterocycles. The highest BCUT2D eigenvalue weighted by atomic mass is 35.5. The van der Waals surface area contributed by atoms with Crippen molar-refractivity contribution in [1.29, 1.82) is 0 Å². The fourth-order valence-corrected chi connectivity index (χ4v) is 3.43. The first-order valence-corrected chi connectivity index (χ1v) is 7.58. The van der Waals surface area contributed by atoms with Crippen LogP contribution in [-0.2, 0) is 6.42 Å². The van der Waals surface area contributed by atoms with Crippen molar-refractivity contribution in [2.75, 3.05) is 5.73 Å². The highest BCUT2D eigenvalue weighted by Crippen LogP contribution is 2.34. The van der Waals surface area contributed by atoms with Gasteiger partial charge in [-0.05, 0) is 30.2 Å². The Morgan fingerprint density at radius 1 is 1.57 bits per heavy atom. The van der Waals surface area contributed by atoms with E-state index < -0.39 is 16.2 Å². The lowest BCUT2D eigenvalue weighted by atomic mass is 9.92. The molecular weight excluding hydrogens is 314 g/mol. The van der Waals surface area contributed by atoms with Gasteiger partial charge in [0.05, 0.1) is 9.95 Å². The third-order valence-corrected chi connectivity index (χ3v) is 4.79. The van der Waals surface area contributed by atoms with E-state index in [1.807, 2.05) is 18.4 Å². The molecule has 0 radical (unpaired) electrons. The maximum atomic E-state index is 11.5. The predicted molar refractivity (Wildman–Crippen MR) is 84.2 cm³/mol. The molecule has 2 aromatic rings. The van der Waals surface area contributed by atoms with Gasteiger partial charge in [0.2, 0.25) is 0 Å². The van der Waals surface area contributed by atoms with E-state index >= 15 is 0 Å². The number of rotatable bonds is 5. The van der Waals surface area contributed by atoms with Gasteiger partial charge in [-0.25, -0.2) is 0 Å². The first kappa shape index (κ1) is 15.5. The van der Waals surface area contributed by atoms with Crippen LogP contribution in [0.1, 0.15) is 29.7 Å². The van der Waals surface area contributed by atoms with Gasteiger partial charge < -0.3 is 10.7 Å². The zero-order valence-electron chi connectivity index (χ0n) is 11.3. The van der Waals surface area contributed by atoms with Crippen LogP contribution in [0.15, 0.2) is 22.4 Å². The molecule has 3 N–H and O–H groups in total. The van der Waals surface area contributed by atoms with Gasteiger partial charge in [0.25, 0.3) is 0 Å². The second-order valence-electron chi connectivity index (χ2n) is 4.59. The van der Waals surface area contributed by atoms with Crippen LogP contribution in [0.5, 0.6) is 0 Å². The first-order chi connectivity index (χ1) is 9.95. The maximum Gasteiger partial charge on any atom is 0.356 e. The second kappa shape index (κ2) is 6.28. The Labute approximate surface area is 129 Å². The zero-order valence-corrected chi connectivity index (χ0v) is 12.8. The summed E-state index contributed by atoms with van der Waals surface area (Å²) in [6.07, 6.45) is 2.81. The molecule has 21 heavy (non-hydrogen) atoms. The topological polar surface area (TPSA) is 102 Å². The second-order valence-corrected chi connectivity index (χ2v) is 6.00. The average molecular weight is 328 g/mol. The summed E-state index contributed by atoms with van der Waals surface area (Å²) >= 11 is 7.62. The van der Waals surface area contributed by atoms with Crippen LogP contribution >= 0.6 is 22.9 Å². The van der Waals surface area contributed by atoms with Gasteiger partial charge >= 0.3 is 11.2 Å². The molecular formula is C13H14ClN3O3S. The van der Waals surface area contributed by atoms with Gasteiger partial charge in [0.1, 0.15) is 5.69 Å². The number of H-pyrrole nitrogens is 1. The summed E-state index contributed by atoms with van der Waals surface area (Å²) in [4.78, 5) is 25.1. The fourth-order valence-electron chi connectivity index (χ4n) is 2.24. The van der Waals surface area contributed by atoms with Gasteiger partial charge in [-0.2, -0.15) is 0 Å². The Kier molecular flexibility index (Phi) is 4.64. The molecule has 1 unspecified atom stereocenters. The van der Waals surface area contributed by atoms with Crippen LogP contribution < -0.4 is 11.3 Å². The number of anilines is 1. The molecule has 0 fully saturated rings. The summed E-state index contributed by atoms with van der Waals surface area (Å²) in [5.41, 5.74) is 4.97. The Morgan fingerprint density at radius 3 is 2.81 bits per heavy atom. The molecule has 0 aromatic carbocycles. The van der Waals surface area contributed by atoms with Crippen molar-refractivity contribution in [3.63, 3.8) is 0 Å². The third kappa shape index (κ3) is 3.08. The number of aromatic amines is 1. The number of nitrogens with two attached hydrogens (primary N) is 1. The number of hydrogen-bond donors (Lipinski definition) is 2. The molecule has 0 bridgehead atoms. The van der Waals surface area contributed by atoms with E-state index in [1.165, 1.54) is 17.5 Å². The SMILES string of the molecule is CCC(Cc1sccc1Cl)c1c[nH]c(=O)c([N+](=O)[O-])c1N. The number of halogens is 1. The van der Waals surface area contributed by atoms with Crippen LogP contribution in [-0.4, -0.2) is 9.91 Å². The summed E-state index contributed by atoms with van der Waals surface area (Å²) in [5, 5.41) is 13.5. The van der Waals surface area contributed by atoms with Crippen molar-refractivity contribution in [1.82, 2.24) is 4.98 Å². The Hall–Kier alpha value is -1.86. The standard InChI is InChI=1S/C13H14ClN3O3S/c1-2-7(5-10-9(14)3-4-21-10)8-6-16-13(18)12(11(8)15)17(19)20/h3-4,6-7H,2,5H2,1H3,(H3,15,16,18). The van der Waals surface area contributed by atoms with Crippen molar-refractivity contribution in [2.24, 2.45) is 0 Å². The minimum absolute atomic E-state index is 0.0447. The number of nitrogens with one attached hydrogen (secondary N) is 1. The summed E-state index contributed by atoms with van der Waals surface area (Å²) < 4.78 is 0. The van der Waals surface area contributed by atoms with E-state index in [0.29, 0.717) is 17.0 Å². The normalized spacial score (nSPS) is 12.3. The molecule has 0 aliphatic rings. The van der Waals surface area contributed by atoms with E-state index in [4.69, 9.17) is 17.3 Å². The molecule has 8 heteroatoms. The Bertz CT molecular complexity index is 726. The Morgan fingerprint density at radius 2 is 2.29 bits per heavy atom. The molecule has 1 atom stereocenters. The molecule has 0 saturated carbocycles. The van der Waals surface area contributed by atoms with Crippen LogP contribution in [0.4, 0.5) is 11.4 Å². The predicted octanol–water partition coefficient (Wildman–Crippen LogP) is 3.32. The lowest BCUT2D eigenvalue weighted by molar-refractivity contribution is -0.385. The first-order valence-electron chi connectivity index (χ1n) is 6.33. The van der Waals surface area contributed by atoms with Crippen LogP contribution in [0.3, 0.4) is 0 Å². The highest BCUT2D eigenvalue weighted by Gasteiger charge is 2.24. The molecule has 112 valence electrons. The van der Waals surface area contributed by atoms with Crippen LogP contribution in [0, 0.1) is 10.1 Å². The number of nitrogens with zero attached hydrogens (tertiary/aromatic N) is 1. The van der Waals surface area contributed by atoms with E-state index in [-0.39, 0.29) is 11.6 Å². The van der Waals surface area contributed by atoms with Gasteiger partial charge in [0, 0.05) is 16.6 Å². The number of thiophene rings is 1. The van der Waals surface area contributed by atoms with E-state index in [0.717, 1.165) is 11.3 Å². The minimum atomic E-state index is -0.787. The van der Waals surface area contributed by atoms with E-state index in [2.05, 4.69) is 4.98 Å². The molecule has 0 aliphatic carbocycles. The Balaban J connectivity index is 2.44. The zero-order chi connectivity index (χ0) is 15.6. The van der Waals surface area contributed by atoms with Gasteiger partial charge in [-0.1, -0.05) is 18.5 Å². The number of aromatic nitrogens is 1. The van der Waals surface area contributed by atoms with Gasteiger partial charge in [-0.3, -0.25) is 14.9 Å².